The van der Waals surface area contributed by atoms with E-state index in [1.165, 1.54) is 0 Å². The van der Waals surface area contributed by atoms with Gasteiger partial charge in [-0.15, -0.1) is 12.4 Å². The topological polar surface area (TPSA) is 76.7 Å². The summed E-state index contributed by atoms with van der Waals surface area (Å²) < 4.78 is 23.1. The number of benzene rings is 1. The number of halogens is 1. The summed E-state index contributed by atoms with van der Waals surface area (Å²) in [7, 11) is -1.22. The molecule has 1 heterocycles. The maximum atomic E-state index is 12.2. The van der Waals surface area contributed by atoms with Crippen molar-refractivity contribution in [3.05, 3.63) is 18.2 Å². The van der Waals surface area contributed by atoms with Crippen LogP contribution < -0.4 is 20.1 Å². The largest absolute Gasteiger partial charge is 0.486 e. The maximum Gasteiger partial charge on any atom is 0.220 e. The Morgan fingerprint density at radius 2 is 1.96 bits per heavy atom. The Kier molecular flexibility index (Phi) is 8.98. The lowest BCUT2D eigenvalue weighted by atomic mass is 10.3. The van der Waals surface area contributed by atoms with Crippen LogP contribution >= 0.6 is 12.4 Å². The van der Waals surface area contributed by atoms with Crippen molar-refractivity contribution < 1.29 is 18.5 Å². The van der Waals surface area contributed by atoms with Crippen LogP contribution in [0.3, 0.4) is 0 Å². The van der Waals surface area contributed by atoms with Crippen LogP contribution in [0.2, 0.25) is 0 Å². The highest BCUT2D eigenvalue weighted by Gasteiger charge is 2.15. The lowest BCUT2D eigenvalue weighted by Crippen LogP contribution is -2.32. The van der Waals surface area contributed by atoms with E-state index in [1.807, 2.05) is 6.92 Å². The van der Waals surface area contributed by atoms with Gasteiger partial charge in [-0.25, -0.2) is 0 Å². The third kappa shape index (κ3) is 6.37. The molecule has 1 aromatic rings. The molecule has 1 unspecified atom stereocenters. The normalized spacial score (nSPS) is 13.8. The van der Waals surface area contributed by atoms with Gasteiger partial charge in [-0.05, 0) is 18.7 Å². The summed E-state index contributed by atoms with van der Waals surface area (Å²) in [6, 6.07) is 5.25. The number of carbonyl (C=O) groups excluding carboxylic acids is 1. The zero-order valence-electron chi connectivity index (χ0n) is 13.1. The van der Waals surface area contributed by atoms with Crippen molar-refractivity contribution in [3.63, 3.8) is 0 Å². The number of hydrogen-bond donors (Lipinski definition) is 2. The predicted octanol–water partition coefficient (Wildman–Crippen LogP) is 1.10. The van der Waals surface area contributed by atoms with Gasteiger partial charge in [0.25, 0.3) is 0 Å². The number of amides is 1. The van der Waals surface area contributed by atoms with Gasteiger partial charge in [-0.1, -0.05) is 6.92 Å². The molecule has 0 fully saturated rings. The Hall–Kier alpha value is -1.31. The van der Waals surface area contributed by atoms with Gasteiger partial charge in [0.1, 0.15) is 13.2 Å². The number of carbonyl (C=O) groups is 1. The van der Waals surface area contributed by atoms with Gasteiger partial charge in [0, 0.05) is 36.2 Å². The van der Waals surface area contributed by atoms with Crippen molar-refractivity contribution in [1.82, 2.24) is 10.6 Å². The van der Waals surface area contributed by atoms with Crippen molar-refractivity contribution >= 4 is 29.1 Å². The van der Waals surface area contributed by atoms with E-state index in [4.69, 9.17) is 9.47 Å². The van der Waals surface area contributed by atoms with Crippen LogP contribution in [0.15, 0.2) is 23.1 Å². The number of nitrogens with one attached hydrogen (secondary N) is 2. The molecule has 0 spiro atoms. The number of likely N-dealkylation sites (N-methyl/N-ethyl adjacent to an activating group) is 1. The van der Waals surface area contributed by atoms with E-state index in [-0.39, 0.29) is 24.7 Å². The fraction of sp³-hybridized carbons (Fsp3) is 0.533. The molecular weight excluding hydrogens is 340 g/mol. The van der Waals surface area contributed by atoms with Crippen LogP contribution in [-0.2, 0) is 15.6 Å². The highest BCUT2D eigenvalue weighted by atomic mass is 35.5. The summed E-state index contributed by atoms with van der Waals surface area (Å²) in [4.78, 5) is 12.3. The van der Waals surface area contributed by atoms with Crippen LogP contribution in [0.5, 0.6) is 11.5 Å². The Bertz CT molecular complexity index is 542. The van der Waals surface area contributed by atoms with Gasteiger partial charge >= 0.3 is 0 Å². The predicted molar refractivity (Wildman–Crippen MR) is 92.1 cm³/mol. The SMILES string of the molecule is CCNCCNC(=O)CCS(=O)c1ccc2c(c1)OCCO2.Cl. The first-order valence-corrected chi connectivity index (χ1v) is 8.78. The van der Waals surface area contributed by atoms with E-state index in [0.29, 0.717) is 41.9 Å². The highest BCUT2D eigenvalue weighted by Crippen LogP contribution is 2.31. The van der Waals surface area contributed by atoms with E-state index in [1.54, 1.807) is 18.2 Å². The Labute approximate surface area is 145 Å². The van der Waals surface area contributed by atoms with E-state index >= 15 is 0 Å². The van der Waals surface area contributed by atoms with E-state index in [9.17, 15) is 9.00 Å². The molecule has 0 radical (unpaired) electrons. The molecule has 1 aromatic carbocycles. The van der Waals surface area contributed by atoms with Gasteiger partial charge in [0.15, 0.2) is 11.5 Å². The maximum absolute atomic E-state index is 12.2. The minimum absolute atomic E-state index is 0. The minimum Gasteiger partial charge on any atom is -0.486 e. The van der Waals surface area contributed by atoms with Crippen molar-refractivity contribution in [1.29, 1.82) is 0 Å². The number of fused-ring (bicyclic) bond motifs is 1. The first kappa shape index (κ1) is 19.7. The van der Waals surface area contributed by atoms with Crippen LogP contribution in [0.1, 0.15) is 13.3 Å². The Balaban J connectivity index is 0.00000264. The third-order valence-electron chi connectivity index (χ3n) is 3.16. The molecule has 23 heavy (non-hydrogen) atoms. The standard InChI is InChI=1S/C15H22N2O4S.ClH/c1-2-16-6-7-17-15(18)5-10-22(19)12-3-4-13-14(11-12)21-9-8-20-13;/h3-4,11,16H,2,5-10H2,1H3,(H,17,18);1H. The third-order valence-corrected chi connectivity index (χ3v) is 4.52. The lowest BCUT2D eigenvalue weighted by molar-refractivity contribution is -0.120. The summed E-state index contributed by atoms with van der Waals surface area (Å²) in [6.07, 6.45) is 0.243. The summed E-state index contributed by atoms with van der Waals surface area (Å²) in [5.74, 6) is 1.51. The molecule has 2 rings (SSSR count). The molecule has 1 amide bonds. The van der Waals surface area contributed by atoms with Gasteiger partial charge < -0.3 is 20.1 Å². The van der Waals surface area contributed by atoms with Crippen LogP contribution in [0, 0.1) is 0 Å². The molecule has 6 nitrogen and oxygen atoms in total. The molecule has 0 bridgehead atoms. The lowest BCUT2D eigenvalue weighted by Gasteiger charge is -2.18. The smallest absolute Gasteiger partial charge is 0.220 e. The number of rotatable bonds is 8. The molecule has 0 aliphatic carbocycles. The molecule has 1 atom stereocenters. The van der Waals surface area contributed by atoms with Crippen LogP contribution in [0.25, 0.3) is 0 Å². The van der Waals surface area contributed by atoms with Crippen molar-refractivity contribution in [3.8, 4) is 11.5 Å². The average Bonchev–Trinajstić information content (AvgIpc) is 2.56. The van der Waals surface area contributed by atoms with E-state index in [2.05, 4.69) is 10.6 Å². The van der Waals surface area contributed by atoms with Gasteiger partial charge in [0.2, 0.25) is 5.91 Å². The second-order valence-electron chi connectivity index (χ2n) is 4.81. The molecule has 0 saturated carbocycles. The van der Waals surface area contributed by atoms with E-state index in [0.717, 1.165) is 13.1 Å². The fourth-order valence-electron chi connectivity index (χ4n) is 2.02. The molecule has 1 aliphatic heterocycles. The summed E-state index contributed by atoms with van der Waals surface area (Å²) in [6.45, 7) is 5.25. The Morgan fingerprint density at radius 3 is 2.70 bits per heavy atom. The zero-order chi connectivity index (χ0) is 15.8. The molecule has 0 saturated heterocycles. The monoisotopic (exact) mass is 362 g/mol. The molecule has 2 N–H and O–H groups in total. The van der Waals surface area contributed by atoms with Gasteiger partial charge in [-0.3, -0.25) is 9.00 Å². The molecule has 1 aliphatic rings. The Morgan fingerprint density at radius 1 is 1.22 bits per heavy atom. The van der Waals surface area contributed by atoms with Crippen LogP contribution in [0.4, 0.5) is 0 Å². The minimum atomic E-state index is -1.22. The second-order valence-corrected chi connectivity index (χ2v) is 6.38. The van der Waals surface area contributed by atoms with Gasteiger partial charge in [0.05, 0.1) is 10.8 Å². The quantitative estimate of drug-likeness (QED) is 0.677. The molecule has 8 heteroatoms. The first-order chi connectivity index (χ1) is 10.7. The highest BCUT2D eigenvalue weighted by molar-refractivity contribution is 7.85. The molecule has 130 valence electrons. The number of hydrogen-bond acceptors (Lipinski definition) is 5. The van der Waals surface area contributed by atoms with Crippen molar-refractivity contribution in [2.24, 2.45) is 0 Å². The molecular formula is C15H23ClN2O4S. The van der Waals surface area contributed by atoms with Crippen molar-refractivity contribution in [2.45, 2.75) is 18.2 Å². The fourth-order valence-corrected chi connectivity index (χ4v) is 3.09. The van der Waals surface area contributed by atoms with Crippen molar-refractivity contribution in [2.75, 3.05) is 38.6 Å². The van der Waals surface area contributed by atoms with E-state index < -0.39 is 10.8 Å². The van der Waals surface area contributed by atoms with Gasteiger partial charge in [-0.2, -0.15) is 0 Å². The second kappa shape index (κ2) is 10.5. The van der Waals surface area contributed by atoms with Crippen LogP contribution in [-0.4, -0.2) is 48.7 Å². The summed E-state index contributed by atoms with van der Waals surface area (Å²) >= 11 is 0. The number of ether oxygens (including phenoxy) is 2. The summed E-state index contributed by atoms with van der Waals surface area (Å²) in [5.41, 5.74) is 0. The average molecular weight is 363 g/mol. The zero-order valence-corrected chi connectivity index (χ0v) is 14.8. The molecule has 0 aromatic heterocycles. The first-order valence-electron chi connectivity index (χ1n) is 7.46. The summed E-state index contributed by atoms with van der Waals surface area (Å²) in [5, 5.41) is 5.92.